The van der Waals surface area contributed by atoms with Crippen molar-refractivity contribution >= 4 is 5.91 Å². The van der Waals surface area contributed by atoms with Crippen molar-refractivity contribution in [3.05, 3.63) is 0 Å². The highest BCUT2D eigenvalue weighted by molar-refractivity contribution is 5.82. The molecule has 0 radical (unpaired) electrons. The molecule has 4 heteroatoms. The third-order valence-electron chi connectivity index (χ3n) is 4.48. The van der Waals surface area contributed by atoms with Crippen LogP contribution in [0.1, 0.15) is 39.5 Å². The number of rotatable bonds is 3. The van der Waals surface area contributed by atoms with Crippen LogP contribution in [0.25, 0.3) is 0 Å². The molecule has 0 aromatic heterocycles. The summed E-state index contributed by atoms with van der Waals surface area (Å²) in [6, 6.07) is 0.410. The lowest BCUT2D eigenvalue weighted by molar-refractivity contribution is -0.123. The van der Waals surface area contributed by atoms with Crippen LogP contribution in [0.4, 0.5) is 0 Å². The van der Waals surface area contributed by atoms with E-state index >= 15 is 0 Å². The number of amides is 1. The van der Waals surface area contributed by atoms with E-state index < -0.39 is 0 Å². The molecule has 2 aliphatic rings. The van der Waals surface area contributed by atoms with E-state index in [2.05, 4.69) is 29.8 Å². The summed E-state index contributed by atoms with van der Waals surface area (Å²) in [7, 11) is 0. The lowest BCUT2D eigenvalue weighted by Gasteiger charge is -2.31. The second kappa shape index (κ2) is 6.53. The molecule has 2 rings (SSSR count). The molecule has 1 heterocycles. The fourth-order valence-corrected chi connectivity index (χ4v) is 3.02. The van der Waals surface area contributed by atoms with E-state index in [1.165, 1.54) is 25.7 Å². The number of piperazine rings is 1. The van der Waals surface area contributed by atoms with Gasteiger partial charge in [0.1, 0.15) is 0 Å². The molecule has 3 N–H and O–H groups in total. The van der Waals surface area contributed by atoms with Crippen LogP contribution in [0.5, 0.6) is 0 Å². The Morgan fingerprint density at radius 1 is 1.17 bits per heavy atom. The molecule has 0 aromatic rings. The molecule has 4 atom stereocenters. The molecule has 1 saturated heterocycles. The molecule has 1 saturated carbocycles. The largest absolute Gasteiger partial charge is 0.354 e. The molecule has 0 spiro atoms. The van der Waals surface area contributed by atoms with Gasteiger partial charge in [0.15, 0.2) is 0 Å². The maximum Gasteiger partial charge on any atom is 0.238 e. The minimum absolute atomic E-state index is 0.0555. The monoisotopic (exact) mass is 253 g/mol. The van der Waals surface area contributed by atoms with E-state index in [0.717, 1.165) is 25.6 Å². The minimum Gasteiger partial charge on any atom is -0.354 e. The van der Waals surface area contributed by atoms with Crippen LogP contribution in [0, 0.1) is 11.8 Å². The third-order valence-corrected chi connectivity index (χ3v) is 4.48. The first-order valence-corrected chi connectivity index (χ1v) is 7.41. The number of hydrogen-bond acceptors (Lipinski definition) is 3. The zero-order valence-corrected chi connectivity index (χ0v) is 11.7. The van der Waals surface area contributed by atoms with Crippen LogP contribution in [0.2, 0.25) is 0 Å². The molecule has 104 valence electrons. The predicted molar refractivity (Wildman–Crippen MR) is 73.4 cm³/mol. The maximum absolute atomic E-state index is 12.0. The average molecular weight is 253 g/mol. The van der Waals surface area contributed by atoms with Gasteiger partial charge in [-0.15, -0.1) is 0 Å². The quantitative estimate of drug-likeness (QED) is 0.700. The Balaban J connectivity index is 1.70. The molecule has 2 fully saturated rings. The predicted octanol–water partition coefficient (Wildman–Crippen LogP) is 0.879. The van der Waals surface area contributed by atoms with Crippen LogP contribution in [0.3, 0.4) is 0 Å². The highest BCUT2D eigenvalue weighted by Crippen LogP contribution is 2.28. The Kier molecular flexibility index (Phi) is 5.01. The topological polar surface area (TPSA) is 53.2 Å². The van der Waals surface area contributed by atoms with Gasteiger partial charge in [-0.2, -0.15) is 0 Å². The Bertz CT molecular complexity index is 274. The summed E-state index contributed by atoms with van der Waals surface area (Å²) in [4.78, 5) is 12.0. The normalized spacial score (nSPS) is 37.2. The SMILES string of the molecule is CC1CNC(C(=O)NCC2CCCCC2C)CN1. The smallest absolute Gasteiger partial charge is 0.238 e. The molecule has 0 bridgehead atoms. The van der Waals surface area contributed by atoms with Crippen molar-refractivity contribution in [2.45, 2.75) is 51.6 Å². The van der Waals surface area contributed by atoms with Gasteiger partial charge in [0, 0.05) is 25.7 Å². The number of carbonyl (C=O) groups excluding carboxylic acids is 1. The van der Waals surface area contributed by atoms with Crippen molar-refractivity contribution in [3.63, 3.8) is 0 Å². The summed E-state index contributed by atoms with van der Waals surface area (Å²) < 4.78 is 0. The molecule has 18 heavy (non-hydrogen) atoms. The first-order valence-electron chi connectivity index (χ1n) is 7.41. The van der Waals surface area contributed by atoms with E-state index in [0.29, 0.717) is 12.0 Å². The van der Waals surface area contributed by atoms with Crippen LogP contribution in [-0.2, 0) is 4.79 Å². The van der Waals surface area contributed by atoms with Gasteiger partial charge in [-0.1, -0.05) is 26.2 Å². The summed E-state index contributed by atoms with van der Waals surface area (Å²) in [5.74, 6) is 1.60. The van der Waals surface area contributed by atoms with Crippen LogP contribution < -0.4 is 16.0 Å². The highest BCUT2D eigenvalue weighted by atomic mass is 16.2. The summed E-state index contributed by atoms with van der Waals surface area (Å²) in [6.45, 7) is 6.92. The van der Waals surface area contributed by atoms with Crippen LogP contribution in [0.15, 0.2) is 0 Å². The summed E-state index contributed by atoms with van der Waals surface area (Å²) >= 11 is 0. The van der Waals surface area contributed by atoms with Crippen molar-refractivity contribution < 1.29 is 4.79 Å². The second-order valence-electron chi connectivity index (χ2n) is 6.04. The summed E-state index contributed by atoms with van der Waals surface area (Å²) in [5.41, 5.74) is 0. The molecular weight excluding hydrogens is 226 g/mol. The first kappa shape index (κ1) is 13.8. The number of carbonyl (C=O) groups is 1. The fourth-order valence-electron chi connectivity index (χ4n) is 3.02. The molecule has 0 aromatic carbocycles. The Hall–Kier alpha value is -0.610. The van der Waals surface area contributed by atoms with Crippen molar-refractivity contribution in [2.75, 3.05) is 19.6 Å². The zero-order valence-electron chi connectivity index (χ0n) is 11.7. The van der Waals surface area contributed by atoms with E-state index in [-0.39, 0.29) is 11.9 Å². The Morgan fingerprint density at radius 3 is 2.61 bits per heavy atom. The van der Waals surface area contributed by atoms with Crippen molar-refractivity contribution in [2.24, 2.45) is 11.8 Å². The molecule has 4 unspecified atom stereocenters. The number of nitrogens with one attached hydrogen (secondary N) is 3. The first-order chi connectivity index (χ1) is 8.66. The van der Waals surface area contributed by atoms with E-state index in [1.54, 1.807) is 0 Å². The lowest BCUT2D eigenvalue weighted by atomic mass is 9.80. The van der Waals surface area contributed by atoms with E-state index in [9.17, 15) is 4.79 Å². The summed E-state index contributed by atoms with van der Waals surface area (Å²) in [5, 5.41) is 9.76. The van der Waals surface area contributed by atoms with Crippen LogP contribution >= 0.6 is 0 Å². The van der Waals surface area contributed by atoms with Gasteiger partial charge in [0.25, 0.3) is 0 Å². The second-order valence-corrected chi connectivity index (χ2v) is 6.04. The van der Waals surface area contributed by atoms with Gasteiger partial charge in [-0.25, -0.2) is 0 Å². The minimum atomic E-state index is -0.0555. The van der Waals surface area contributed by atoms with Crippen LogP contribution in [-0.4, -0.2) is 37.6 Å². The fraction of sp³-hybridized carbons (Fsp3) is 0.929. The number of hydrogen-bond donors (Lipinski definition) is 3. The van der Waals surface area contributed by atoms with Gasteiger partial charge in [0.2, 0.25) is 5.91 Å². The Morgan fingerprint density at radius 2 is 1.94 bits per heavy atom. The van der Waals surface area contributed by atoms with Crippen molar-refractivity contribution in [1.82, 2.24) is 16.0 Å². The van der Waals surface area contributed by atoms with Gasteiger partial charge in [-0.05, 0) is 25.2 Å². The maximum atomic E-state index is 12.0. The average Bonchev–Trinajstić information content (AvgIpc) is 2.38. The van der Waals surface area contributed by atoms with Crippen molar-refractivity contribution in [3.8, 4) is 0 Å². The standard InChI is InChI=1S/C14H27N3O/c1-10-5-3-4-6-12(10)8-17-14(18)13-9-15-11(2)7-16-13/h10-13,15-16H,3-9H2,1-2H3,(H,17,18). The molecule has 4 nitrogen and oxygen atoms in total. The highest BCUT2D eigenvalue weighted by Gasteiger charge is 2.25. The summed E-state index contributed by atoms with van der Waals surface area (Å²) in [6.07, 6.45) is 5.28. The lowest BCUT2D eigenvalue weighted by Crippen LogP contribution is -2.59. The van der Waals surface area contributed by atoms with Gasteiger partial charge in [-0.3, -0.25) is 4.79 Å². The molecule has 1 amide bonds. The third kappa shape index (κ3) is 3.69. The van der Waals surface area contributed by atoms with E-state index in [4.69, 9.17) is 0 Å². The van der Waals surface area contributed by atoms with Gasteiger partial charge < -0.3 is 16.0 Å². The van der Waals surface area contributed by atoms with Gasteiger partial charge >= 0.3 is 0 Å². The molecule has 1 aliphatic heterocycles. The Labute approximate surface area is 110 Å². The molecule has 1 aliphatic carbocycles. The molecular formula is C14H27N3O. The van der Waals surface area contributed by atoms with Gasteiger partial charge in [0.05, 0.1) is 6.04 Å². The van der Waals surface area contributed by atoms with E-state index in [1.807, 2.05) is 0 Å². The zero-order chi connectivity index (χ0) is 13.0. The van der Waals surface area contributed by atoms with Crippen molar-refractivity contribution in [1.29, 1.82) is 0 Å².